The van der Waals surface area contributed by atoms with Crippen molar-refractivity contribution < 1.29 is 9.59 Å². The van der Waals surface area contributed by atoms with Gasteiger partial charge in [0.1, 0.15) is 0 Å². The smallest absolute Gasteiger partial charge is 0.319 e. The summed E-state index contributed by atoms with van der Waals surface area (Å²) in [5.74, 6) is 2.77. The molecule has 0 spiro atoms. The van der Waals surface area contributed by atoms with Crippen LogP contribution in [0.4, 0.5) is 10.5 Å². The lowest BCUT2D eigenvalue weighted by atomic mass is 10.2. The predicted octanol–water partition coefficient (Wildman–Crippen LogP) is 2.41. The van der Waals surface area contributed by atoms with Gasteiger partial charge in [0.05, 0.1) is 10.6 Å². The highest BCUT2D eigenvalue weighted by molar-refractivity contribution is 8.06. The summed E-state index contributed by atoms with van der Waals surface area (Å²) in [4.78, 5) is 22.9. The average Bonchev–Trinajstić information content (AvgIpc) is 2.46. The van der Waals surface area contributed by atoms with Gasteiger partial charge in [-0.25, -0.2) is 4.79 Å². The molecule has 5 nitrogen and oxygen atoms in total. The number of rotatable bonds is 4. The summed E-state index contributed by atoms with van der Waals surface area (Å²) >= 11 is 9.72. The summed E-state index contributed by atoms with van der Waals surface area (Å²) in [5, 5.41) is 6.20. The summed E-state index contributed by atoms with van der Waals surface area (Å²) in [6.45, 7) is 0.636. The Morgan fingerprint density at radius 1 is 1.38 bits per heavy atom. The van der Waals surface area contributed by atoms with Gasteiger partial charge < -0.3 is 16.4 Å². The second-order valence-corrected chi connectivity index (χ2v) is 7.43. The van der Waals surface area contributed by atoms with Gasteiger partial charge in [-0.1, -0.05) is 11.6 Å². The Labute approximate surface area is 136 Å². The fraction of sp³-hybridized carbons (Fsp3) is 0.385. The van der Waals surface area contributed by atoms with Crippen molar-refractivity contribution in [3.8, 4) is 0 Å². The van der Waals surface area contributed by atoms with Crippen molar-refractivity contribution in [2.45, 2.75) is 5.25 Å². The molecule has 0 aliphatic carbocycles. The van der Waals surface area contributed by atoms with Crippen molar-refractivity contribution in [1.82, 2.24) is 5.32 Å². The number of nitrogens with one attached hydrogen (secondary N) is 2. The van der Waals surface area contributed by atoms with E-state index in [1.807, 2.05) is 23.5 Å². The van der Waals surface area contributed by atoms with Gasteiger partial charge >= 0.3 is 6.03 Å². The standard InChI is InChI=1S/C13H16ClN3O2S2/c14-11-5-8(1-2-10(11)12(15)18)17-13(19)16-6-9-7-20-3-4-21-9/h1-2,5,9H,3-4,6-7H2,(H2,15,18)(H2,16,17,19)/t9-/m1/s1. The maximum absolute atomic E-state index is 11.8. The normalized spacial score (nSPS) is 18.0. The molecule has 0 radical (unpaired) electrons. The van der Waals surface area contributed by atoms with E-state index in [1.54, 1.807) is 6.07 Å². The van der Waals surface area contributed by atoms with E-state index in [0.29, 0.717) is 17.5 Å². The molecule has 3 amide bonds. The molecule has 8 heteroatoms. The van der Waals surface area contributed by atoms with Crippen molar-refractivity contribution in [2.75, 3.05) is 29.1 Å². The summed E-state index contributed by atoms with van der Waals surface area (Å²) < 4.78 is 0. The summed E-state index contributed by atoms with van der Waals surface area (Å²) in [6, 6.07) is 4.31. The molecule has 1 heterocycles. The van der Waals surface area contributed by atoms with E-state index in [4.69, 9.17) is 17.3 Å². The number of nitrogens with two attached hydrogens (primary N) is 1. The lowest BCUT2D eigenvalue weighted by Crippen LogP contribution is -2.36. The molecule has 0 saturated carbocycles. The van der Waals surface area contributed by atoms with Crippen molar-refractivity contribution in [3.63, 3.8) is 0 Å². The Bertz CT molecular complexity index is 536. The van der Waals surface area contributed by atoms with Gasteiger partial charge in [0, 0.05) is 34.7 Å². The number of amides is 3. The van der Waals surface area contributed by atoms with Gasteiger partial charge in [0.2, 0.25) is 5.91 Å². The Kier molecular flexibility index (Phi) is 6.08. The summed E-state index contributed by atoms with van der Waals surface area (Å²) in [6.07, 6.45) is 0. The van der Waals surface area contributed by atoms with Gasteiger partial charge in [-0.15, -0.1) is 0 Å². The first kappa shape index (κ1) is 16.3. The number of carbonyl (C=O) groups is 2. The highest BCUT2D eigenvalue weighted by atomic mass is 35.5. The van der Waals surface area contributed by atoms with Crippen LogP contribution in [0.5, 0.6) is 0 Å². The first-order chi connectivity index (χ1) is 10.1. The first-order valence-electron chi connectivity index (χ1n) is 6.40. The van der Waals surface area contributed by atoms with Crippen LogP contribution in [0.1, 0.15) is 10.4 Å². The second kappa shape index (κ2) is 7.82. The molecule has 0 aromatic heterocycles. The Morgan fingerprint density at radius 3 is 2.81 bits per heavy atom. The Hall–Kier alpha value is -1.05. The molecule has 0 unspecified atom stereocenters. The zero-order valence-electron chi connectivity index (χ0n) is 11.2. The number of urea groups is 1. The molecule has 21 heavy (non-hydrogen) atoms. The van der Waals surface area contributed by atoms with Crippen LogP contribution >= 0.6 is 35.1 Å². The molecular formula is C13H16ClN3O2S2. The molecule has 1 aromatic carbocycles. The van der Waals surface area contributed by atoms with E-state index >= 15 is 0 Å². The number of benzene rings is 1. The zero-order valence-corrected chi connectivity index (χ0v) is 13.6. The van der Waals surface area contributed by atoms with E-state index < -0.39 is 5.91 Å². The maximum Gasteiger partial charge on any atom is 0.319 e. The van der Waals surface area contributed by atoms with Crippen LogP contribution in [-0.2, 0) is 0 Å². The van der Waals surface area contributed by atoms with E-state index in [1.165, 1.54) is 17.9 Å². The molecular weight excluding hydrogens is 330 g/mol. The number of hydrogen-bond donors (Lipinski definition) is 3. The van der Waals surface area contributed by atoms with Gasteiger partial charge in [0.15, 0.2) is 0 Å². The zero-order chi connectivity index (χ0) is 15.2. The Morgan fingerprint density at radius 2 is 2.19 bits per heavy atom. The van der Waals surface area contributed by atoms with Crippen LogP contribution in [0.25, 0.3) is 0 Å². The molecule has 1 atom stereocenters. The molecule has 4 N–H and O–H groups in total. The molecule has 1 aliphatic heterocycles. The average molecular weight is 346 g/mol. The summed E-state index contributed by atoms with van der Waals surface area (Å²) in [5.41, 5.74) is 5.92. The molecule has 114 valence electrons. The first-order valence-corrected chi connectivity index (χ1v) is 8.98. The Balaban J connectivity index is 1.84. The van der Waals surface area contributed by atoms with E-state index in [-0.39, 0.29) is 16.6 Å². The molecule has 1 aromatic rings. The van der Waals surface area contributed by atoms with Gasteiger partial charge in [0.25, 0.3) is 0 Å². The lowest BCUT2D eigenvalue weighted by Gasteiger charge is -2.21. The van der Waals surface area contributed by atoms with Crippen LogP contribution < -0.4 is 16.4 Å². The highest BCUT2D eigenvalue weighted by Crippen LogP contribution is 2.23. The molecule has 1 saturated heterocycles. The van der Waals surface area contributed by atoms with Crippen molar-refractivity contribution in [2.24, 2.45) is 5.73 Å². The summed E-state index contributed by atoms with van der Waals surface area (Å²) in [7, 11) is 0. The lowest BCUT2D eigenvalue weighted by molar-refractivity contribution is 0.100. The third-order valence-corrected chi connectivity index (χ3v) is 6.03. The SMILES string of the molecule is NC(=O)c1ccc(NC(=O)NC[C@@H]2CSCCS2)cc1Cl. The predicted molar refractivity (Wildman–Crippen MR) is 90.6 cm³/mol. The van der Waals surface area contributed by atoms with Gasteiger partial charge in [-0.2, -0.15) is 23.5 Å². The van der Waals surface area contributed by atoms with E-state index in [0.717, 1.165) is 11.5 Å². The minimum atomic E-state index is -0.595. The molecule has 2 rings (SSSR count). The largest absolute Gasteiger partial charge is 0.366 e. The monoisotopic (exact) mass is 345 g/mol. The molecule has 1 aliphatic rings. The van der Waals surface area contributed by atoms with Crippen molar-refractivity contribution in [3.05, 3.63) is 28.8 Å². The van der Waals surface area contributed by atoms with Crippen LogP contribution in [0.2, 0.25) is 5.02 Å². The van der Waals surface area contributed by atoms with E-state index in [2.05, 4.69) is 10.6 Å². The van der Waals surface area contributed by atoms with Gasteiger partial charge in [-0.05, 0) is 18.2 Å². The maximum atomic E-state index is 11.8. The third kappa shape index (κ3) is 5.01. The fourth-order valence-corrected chi connectivity index (χ4v) is 4.71. The number of carbonyl (C=O) groups excluding carboxylic acids is 2. The third-order valence-electron chi connectivity index (χ3n) is 2.87. The van der Waals surface area contributed by atoms with Crippen LogP contribution in [0.3, 0.4) is 0 Å². The number of thioether (sulfide) groups is 2. The fourth-order valence-electron chi connectivity index (χ4n) is 1.83. The van der Waals surface area contributed by atoms with Crippen LogP contribution in [-0.4, -0.2) is 41.0 Å². The van der Waals surface area contributed by atoms with Crippen molar-refractivity contribution in [1.29, 1.82) is 0 Å². The minimum Gasteiger partial charge on any atom is -0.366 e. The van der Waals surface area contributed by atoms with Gasteiger partial charge in [-0.3, -0.25) is 4.79 Å². The van der Waals surface area contributed by atoms with E-state index in [9.17, 15) is 9.59 Å². The second-order valence-electron chi connectivity index (χ2n) is 4.46. The number of halogens is 1. The topological polar surface area (TPSA) is 84.2 Å². The quantitative estimate of drug-likeness (QED) is 0.782. The highest BCUT2D eigenvalue weighted by Gasteiger charge is 2.15. The minimum absolute atomic E-state index is 0.222. The van der Waals surface area contributed by atoms with Crippen molar-refractivity contribution >= 4 is 52.8 Å². The van der Waals surface area contributed by atoms with Crippen LogP contribution in [0.15, 0.2) is 18.2 Å². The molecule has 0 bridgehead atoms. The molecule has 1 fully saturated rings. The number of anilines is 1. The number of hydrogen-bond acceptors (Lipinski definition) is 4. The van der Waals surface area contributed by atoms with Crippen LogP contribution in [0, 0.1) is 0 Å². The number of primary amides is 1.